The van der Waals surface area contributed by atoms with Crippen LogP contribution in [0, 0.1) is 5.82 Å². The van der Waals surface area contributed by atoms with Gasteiger partial charge >= 0.3 is 6.03 Å². The Morgan fingerprint density at radius 1 is 1.00 bits per heavy atom. The highest BCUT2D eigenvalue weighted by atomic mass is 19.1. The zero-order valence-corrected chi connectivity index (χ0v) is 17.5. The number of nitrogens with one attached hydrogen (secondary N) is 2. The Kier molecular flexibility index (Phi) is 5.41. The molecule has 162 valence electrons. The second-order valence-corrected chi connectivity index (χ2v) is 7.77. The van der Waals surface area contributed by atoms with Crippen LogP contribution in [0.25, 0.3) is 22.3 Å². The number of carbonyl (C=O) groups is 1. The third-order valence-electron chi connectivity index (χ3n) is 5.71. The maximum absolute atomic E-state index is 13.0. The number of rotatable bonds is 4. The number of fused-ring (bicyclic) bond motifs is 1. The molecule has 5 rings (SSSR count). The van der Waals surface area contributed by atoms with E-state index in [1.807, 2.05) is 18.2 Å². The van der Waals surface area contributed by atoms with E-state index in [1.165, 1.54) is 12.1 Å². The maximum atomic E-state index is 13.0. The number of anilines is 1. The van der Waals surface area contributed by atoms with E-state index >= 15 is 0 Å². The number of carbonyl (C=O) groups excluding carboxylic acids is 1. The number of hydrogen-bond donors (Lipinski definition) is 2. The van der Waals surface area contributed by atoms with Crippen molar-refractivity contribution in [2.24, 2.45) is 0 Å². The minimum atomic E-state index is -0.284. The summed E-state index contributed by atoms with van der Waals surface area (Å²) in [4.78, 5) is 28.8. The highest BCUT2D eigenvalue weighted by Gasteiger charge is 2.23. The first-order chi connectivity index (χ1) is 15.7. The van der Waals surface area contributed by atoms with E-state index in [0.717, 1.165) is 33.7 Å². The number of benzene rings is 2. The van der Waals surface area contributed by atoms with Crippen LogP contribution < -0.4 is 10.2 Å². The monoisotopic (exact) mass is 430 g/mol. The smallest absolute Gasteiger partial charge is 0.317 e. The molecule has 0 saturated carbocycles. The molecule has 8 heteroatoms. The molecule has 7 nitrogen and oxygen atoms in total. The quantitative estimate of drug-likeness (QED) is 0.516. The first-order valence-corrected chi connectivity index (χ1v) is 10.6. The van der Waals surface area contributed by atoms with E-state index in [0.29, 0.717) is 32.7 Å². The summed E-state index contributed by atoms with van der Waals surface area (Å²) in [5.74, 6) is 0.591. The van der Waals surface area contributed by atoms with Gasteiger partial charge in [0, 0.05) is 38.4 Å². The van der Waals surface area contributed by atoms with Crippen molar-refractivity contribution >= 4 is 22.9 Å². The molecule has 2 amide bonds. The molecule has 2 aromatic heterocycles. The van der Waals surface area contributed by atoms with E-state index in [1.54, 1.807) is 23.4 Å². The minimum Gasteiger partial charge on any atom is -0.352 e. The van der Waals surface area contributed by atoms with Gasteiger partial charge in [0.05, 0.1) is 5.39 Å². The summed E-state index contributed by atoms with van der Waals surface area (Å²) in [6.07, 6.45) is 1.57. The summed E-state index contributed by atoms with van der Waals surface area (Å²) in [5.41, 5.74) is 3.76. The van der Waals surface area contributed by atoms with Crippen LogP contribution in [0.2, 0.25) is 0 Å². The van der Waals surface area contributed by atoms with Crippen molar-refractivity contribution < 1.29 is 9.18 Å². The van der Waals surface area contributed by atoms with Crippen molar-refractivity contribution in [1.82, 2.24) is 25.2 Å². The molecular formula is C24H23FN6O. The molecule has 2 aromatic carbocycles. The largest absolute Gasteiger partial charge is 0.352 e. The fourth-order valence-electron chi connectivity index (χ4n) is 3.97. The van der Waals surface area contributed by atoms with Gasteiger partial charge in [-0.2, -0.15) is 0 Å². The number of piperazine rings is 1. The van der Waals surface area contributed by atoms with Gasteiger partial charge < -0.3 is 20.1 Å². The van der Waals surface area contributed by atoms with Gasteiger partial charge in [0.25, 0.3) is 0 Å². The third-order valence-corrected chi connectivity index (χ3v) is 5.71. The molecular weight excluding hydrogens is 407 g/mol. The van der Waals surface area contributed by atoms with Gasteiger partial charge in [-0.3, -0.25) is 0 Å². The standard InChI is InChI=1S/C24H23FN6O/c25-19-8-6-17(7-9-19)15-26-24(32)31-12-10-30(11-13-31)23-20-14-21(18-4-2-1-3-5-18)29-22(20)27-16-28-23/h1-9,14,16H,10-13,15H2,(H,26,32)(H,27,28,29). The number of halogens is 1. The zero-order valence-electron chi connectivity index (χ0n) is 17.5. The summed E-state index contributed by atoms with van der Waals surface area (Å²) in [5, 5.41) is 3.88. The first-order valence-electron chi connectivity index (χ1n) is 10.6. The van der Waals surface area contributed by atoms with E-state index in [9.17, 15) is 9.18 Å². The fraction of sp³-hybridized carbons (Fsp3) is 0.208. The van der Waals surface area contributed by atoms with Crippen molar-refractivity contribution in [3.63, 3.8) is 0 Å². The second kappa shape index (κ2) is 8.66. The molecule has 1 aliphatic heterocycles. The molecule has 0 unspecified atom stereocenters. The SMILES string of the molecule is O=C(NCc1ccc(F)cc1)N1CCN(c2ncnc3[nH]c(-c4ccccc4)cc23)CC1. The van der Waals surface area contributed by atoms with Crippen molar-refractivity contribution in [3.05, 3.63) is 78.4 Å². The Hall–Kier alpha value is -3.94. The topological polar surface area (TPSA) is 77.2 Å². The van der Waals surface area contributed by atoms with E-state index in [-0.39, 0.29) is 11.8 Å². The number of aromatic amines is 1. The van der Waals surface area contributed by atoms with Crippen LogP contribution in [0.4, 0.5) is 15.0 Å². The van der Waals surface area contributed by atoms with Gasteiger partial charge in [0.1, 0.15) is 23.6 Å². The molecule has 0 bridgehead atoms. The van der Waals surface area contributed by atoms with Crippen LogP contribution in [-0.4, -0.2) is 52.1 Å². The molecule has 0 radical (unpaired) electrons. The van der Waals surface area contributed by atoms with E-state index < -0.39 is 0 Å². The Morgan fingerprint density at radius 3 is 2.50 bits per heavy atom. The number of nitrogens with zero attached hydrogens (tertiary/aromatic N) is 4. The Bertz CT molecular complexity index is 1220. The predicted octanol–water partition coefficient (Wildman–Crippen LogP) is 3.80. The number of aromatic nitrogens is 3. The highest BCUT2D eigenvalue weighted by Crippen LogP contribution is 2.29. The second-order valence-electron chi connectivity index (χ2n) is 7.77. The Labute approximate surface area is 184 Å². The van der Waals surface area contributed by atoms with E-state index in [2.05, 4.69) is 43.4 Å². The van der Waals surface area contributed by atoms with Gasteiger partial charge in [0.15, 0.2) is 0 Å². The number of hydrogen-bond acceptors (Lipinski definition) is 4. The normalized spacial score (nSPS) is 14.0. The van der Waals surface area contributed by atoms with Crippen molar-refractivity contribution in [3.8, 4) is 11.3 Å². The van der Waals surface area contributed by atoms with Gasteiger partial charge in [-0.25, -0.2) is 19.2 Å². The van der Waals surface area contributed by atoms with Crippen molar-refractivity contribution in [2.75, 3.05) is 31.1 Å². The number of urea groups is 1. The maximum Gasteiger partial charge on any atom is 0.317 e. The van der Waals surface area contributed by atoms with Gasteiger partial charge in [0.2, 0.25) is 0 Å². The van der Waals surface area contributed by atoms with Crippen LogP contribution in [0.5, 0.6) is 0 Å². The predicted molar refractivity (Wildman–Crippen MR) is 122 cm³/mol. The van der Waals surface area contributed by atoms with Gasteiger partial charge in [-0.1, -0.05) is 42.5 Å². The average Bonchev–Trinajstić information content (AvgIpc) is 3.29. The van der Waals surface area contributed by atoms with Crippen LogP contribution in [0.1, 0.15) is 5.56 Å². The lowest BCUT2D eigenvalue weighted by Gasteiger charge is -2.35. The summed E-state index contributed by atoms with van der Waals surface area (Å²) in [7, 11) is 0. The van der Waals surface area contributed by atoms with Crippen molar-refractivity contribution in [1.29, 1.82) is 0 Å². The van der Waals surface area contributed by atoms with Gasteiger partial charge in [-0.05, 0) is 29.3 Å². The van der Waals surface area contributed by atoms with Crippen LogP contribution >= 0.6 is 0 Å². The lowest BCUT2D eigenvalue weighted by atomic mass is 10.1. The minimum absolute atomic E-state index is 0.116. The lowest BCUT2D eigenvalue weighted by molar-refractivity contribution is 0.194. The lowest BCUT2D eigenvalue weighted by Crippen LogP contribution is -2.52. The summed E-state index contributed by atoms with van der Waals surface area (Å²) >= 11 is 0. The Morgan fingerprint density at radius 2 is 1.75 bits per heavy atom. The first kappa shape index (κ1) is 20.0. The van der Waals surface area contributed by atoms with Gasteiger partial charge in [-0.15, -0.1) is 0 Å². The molecule has 2 N–H and O–H groups in total. The summed E-state index contributed by atoms with van der Waals surface area (Å²) < 4.78 is 13.0. The number of H-pyrrole nitrogens is 1. The molecule has 0 atom stereocenters. The summed E-state index contributed by atoms with van der Waals surface area (Å²) in [6.45, 7) is 2.93. The average molecular weight is 430 g/mol. The molecule has 1 fully saturated rings. The summed E-state index contributed by atoms with van der Waals surface area (Å²) in [6, 6.07) is 18.2. The molecule has 3 heterocycles. The van der Waals surface area contributed by atoms with Crippen LogP contribution in [0.3, 0.4) is 0 Å². The van der Waals surface area contributed by atoms with E-state index in [4.69, 9.17) is 0 Å². The molecule has 0 spiro atoms. The van der Waals surface area contributed by atoms with Crippen LogP contribution in [-0.2, 0) is 6.54 Å². The molecule has 0 aliphatic carbocycles. The third kappa shape index (κ3) is 4.12. The molecule has 4 aromatic rings. The van der Waals surface area contributed by atoms with Crippen LogP contribution in [0.15, 0.2) is 67.0 Å². The fourth-order valence-corrected chi connectivity index (χ4v) is 3.97. The Balaban J connectivity index is 1.24. The molecule has 32 heavy (non-hydrogen) atoms. The number of amides is 2. The molecule has 1 aliphatic rings. The highest BCUT2D eigenvalue weighted by molar-refractivity contribution is 5.92. The zero-order chi connectivity index (χ0) is 21.9. The molecule has 1 saturated heterocycles. The van der Waals surface area contributed by atoms with Crippen molar-refractivity contribution in [2.45, 2.75) is 6.54 Å².